The van der Waals surface area contributed by atoms with Crippen LogP contribution < -0.4 is 0 Å². The Bertz CT molecular complexity index is 4690. The van der Waals surface area contributed by atoms with Crippen LogP contribution in [0.5, 0.6) is 0 Å². The lowest BCUT2D eigenvalue weighted by molar-refractivity contribution is 1.11. The normalized spacial score (nSPS) is 11.6. The lowest BCUT2D eigenvalue weighted by Crippen LogP contribution is -2.06. The maximum atomic E-state index is 11.9. The topological polar surface area (TPSA) is 59.4 Å². The molecule has 14 rings (SSSR count). The smallest absolute Gasteiger partial charge is 0.162 e. The first-order chi connectivity index (χ1) is 40.8. The zero-order valence-corrected chi connectivity index (χ0v) is 48.6. The van der Waals surface area contributed by atoms with E-state index in [2.05, 4.69) is 283 Å². The van der Waals surface area contributed by atoms with E-state index in [-0.39, 0.29) is 0 Å². The zero-order valence-electron chi connectivity index (χ0n) is 48.6. The second-order valence-electron chi connectivity index (χ2n) is 23.3. The van der Waals surface area contributed by atoms with Crippen LogP contribution in [0.4, 0.5) is 0 Å². The van der Waals surface area contributed by atoms with Gasteiger partial charge < -0.3 is 9.13 Å². The van der Waals surface area contributed by atoms with Crippen molar-refractivity contribution in [3.8, 4) is 95.9 Å². The van der Waals surface area contributed by atoms with Crippen LogP contribution in [0.25, 0.3) is 133 Å². The summed E-state index contributed by atoms with van der Waals surface area (Å²) < 4.78 is 4.64. The molecule has 0 fully saturated rings. The fraction of sp³-hybridized carbons (Fsp3) is 0.101. The molecular formula is C79H61N5. The highest BCUT2D eigenvalue weighted by Gasteiger charge is 2.25. The van der Waals surface area contributed by atoms with Crippen LogP contribution in [0.15, 0.2) is 224 Å². The SMILES string of the molecule is Cc1cc(C)cc(-c2ccc3c(c2)c2cc(-c4cc(C)cc(C)c4)ccc2n3-c2cc(-c3nc(-c4ccccc4)cc(-c4ccccc4)n3)c(-n3c4ccc(-c5cc(C)cc(C)c5)cc4c4cc(-c5cc(C)cc(C)c5)ccc43)cc2C#N)c1. The first kappa shape index (κ1) is 51.7. The number of rotatable bonds is 9. The maximum Gasteiger partial charge on any atom is 0.162 e. The summed E-state index contributed by atoms with van der Waals surface area (Å²) in [4.78, 5) is 11.2. The Balaban J connectivity index is 1.10. The van der Waals surface area contributed by atoms with Crippen molar-refractivity contribution < 1.29 is 0 Å². The van der Waals surface area contributed by atoms with Gasteiger partial charge in [0.1, 0.15) is 6.07 Å². The van der Waals surface area contributed by atoms with Gasteiger partial charge in [0.05, 0.1) is 50.4 Å². The molecule has 14 aromatic rings. The summed E-state index contributed by atoms with van der Waals surface area (Å²) in [5, 5.41) is 16.3. The third-order valence-electron chi connectivity index (χ3n) is 16.6. The Kier molecular flexibility index (Phi) is 12.6. The summed E-state index contributed by atoms with van der Waals surface area (Å²) >= 11 is 0. The average molecular weight is 1080 g/mol. The molecule has 0 radical (unpaired) electrons. The molecule has 402 valence electrons. The van der Waals surface area contributed by atoms with Crippen molar-refractivity contribution in [2.24, 2.45) is 0 Å². The predicted octanol–water partition coefficient (Wildman–Crippen LogP) is 20.7. The van der Waals surface area contributed by atoms with E-state index in [1.54, 1.807) is 0 Å². The van der Waals surface area contributed by atoms with Crippen molar-refractivity contribution in [1.29, 1.82) is 5.26 Å². The number of hydrogen-bond donors (Lipinski definition) is 0. The van der Waals surface area contributed by atoms with Crippen LogP contribution in [0.2, 0.25) is 0 Å². The average Bonchev–Trinajstić information content (AvgIpc) is 2.08. The Hall–Kier alpha value is -10.4. The maximum absolute atomic E-state index is 11.9. The summed E-state index contributed by atoms with van der Waals surface area (Å²) in [5.41, 5.74) is 29.3. The van der Waals surface area contributed by atoms with Crippen molar-refractivity contribution in [3.05, 3.63) is 275 Å². The van der Waals surface area contributed by atoms with Gasteiger partial charge in [0.25, 0.3) is 0 Å². The minimum Gasteiger partial charge on any atom is -0.308 e. The Morgan fingerprint density at radius 3 is 0.905 bits per heavy atom. The van der Waals surface area contributed by atoms with Crippen molar-refractivity contribution in [2.45, 2.75) is 55.4 Å². The summed E-state index contributed by atoms with van der Waals surface area (Å²) in [7, 11) is 0. The van der Waals surface area contributed by atoms with Crippen molar-refractivity contribution in [2.75, 3.05) is 0 Å². The highest BCUT2D eigenvalue weighted by atomic mass is 15.0. The van der Waals surface area contributed by atoms with Gasteiger partial charge in [-0.05, 0) is 167 Å². The number of aryl methyl sites for hydroxylation is 8. The van der Waals surface area contributed by atoms with Gasteiger partial charge in [-0.2, -0.15) is 5.26 Å². The van der Waals surface area contributed by atoms with E-state index in [0.717, 1.165) is 105 Å². The highest BCUT2D eigenvalue weighted by Crippen LogP contribution is 2.44. The molecule has 0 spiro atoms. The van der Waals surface area contributed by atoms with E-state index in [4.69, 9.17) is 9.97 Å². The van der Waals surface area contributed by atoms with Crippen LogP contribution in [0, 0.1) is 66.7 Å². The van der Waals surface area contributed by atoms with Gasteiger partial charge in [0.15, 0.2) is 5.82 Å². The first-order valence-electron chi connectivity index (χ1n) is 28.9. The largest absolute Gasteiger partial charge is 0.308 e. The van der Waals surface area contributed by atoms with Crippen LogP contribution in [-0.4, -0.2) is 19.1 Å². The number of aromatic nitrogens is 4. The van der Waals surface area contributed by atoms with E-state index in [0.29, 0.717) is 11.4 Å². The van der Waals surface area contributed by atoms with Gasteiger partial charge in [-0.3, -0.25) is 0 Å². The molecule has 0 N–H and O–H groups in total. The summed E-state index contributed by atoms with van der Waals surface area (Å²) in [5.74, 6) is 0.541. The lowest BCUT2D eigenvalue weighted by Gasteiger charge is -2.19. The Morgan fingerprint density at radius 1 is 0.286 bits per heavy atom. The molecule has 0 unspecified atom stereocenters. The monoisotopic (exact) mass is 1080 g/mol. The van der Waals surface area contributed by atoms with Crippen LogP contribution in [-0.2, 0) is 0 Å². The quantitative estimate of drug-likeness (QED) is 0.145. The summed E-state index contributed by atoms with van der Waals surface area (Å²) in [6, 6.07) is 84.2. The third-order valence-corrected chi connectivity index (χ3v) is 16.6. The van der Waals surface area contributed by atoms with Gasteiger partial charge in [-0.15, -0.1) is 0 Å². The molecule has 0 atom stereocenters. The van der Waals surface area contributed by atoms with E-state index >= 15 is 0 Å². The number of fused-ring (bicyclic) bond motifs is 6. The third kappa shape index (κ3) is 9.32. The van der Waals surface area contributed by atoms with E-state index in [1.807, 2.05) is 12.1 Å². The minimum atomic E-state index is 0.514. The minimum absolute atomic E-state index is 0.514. The molecule has 3 aromatic heterocycles. The van der Waals surface area contributed by atoms with Gasteiger partial charge in [-0.1, -0.05) is 202 Å². The molecule has 5 heteroatoms. The molecule has 0 saturated heterocycles. The molecule has 84 heavy (non-hydrogen) atoms. The second-order valence-corrected chi connectivity index (χ2v) is 23.3. The van der Waals surface area contributed by atoms with Gasteiger partial charge in [-0.25, -0.2) is 9.97 Å². The van der Waals surface area contributed by atoms with Crippen LogP contribution in [0.1, 0.15) is 50.1 Å². The molecule has 11 aromatic carbocycles. The molecule has 0 aliphatic heterocycles. The summed E-state index contributed by atoms with van der Waals surface area (Å²) in [6.07, 6.45) is 0. The Morgan fingerprint density at radius 2 is 0.595 bits per heavy atom. The van der Waals surface area contributed by atoms with Gasteiger partial charge >= 0.3 is 0 Å². The Labute approximate surface area is 491 Å². The van der Waals surface area contributed by atoms with Crippen LogP contribution >= 0.6 is 0 Å². The van der Waals surface area contributed by atoms with E-state index < -0.39 is 0 Å². The van der Waals surface area contributed by atoms with Gasteiger partial charge in [0.2, 0.25) is 0 Å². The van der Waals surface area contributed by atoms with E-state index in [1.165, 1.54) is 66.8 Å². The fourth-order valence-electron chi connectivity index (χ4n) is 13.1. The second kappa shape index (κ2) is 20.5. The van der Waals surface area contributed by atoms with Crippen LogP contribution in [0.3, 0.4) is 0 Å². The first-order valence-corrected chi connectivity index (χ1v) is 28.9. The summed E-state index contributed by atoms with van der Waals surface area (Å²) in [6.45, 7) is 17.3. The number of benzene rings is 11. The van der Waals surface area contributed by atoms with Crippen molar-refractivity contribution in [3.63, 3.8) is 0 Å². The highest BCUT2D eigenvalue weighted by molar-refractivity contribution is 6.14. The molecule has 0 bridgehead atoms. The molecule has 0 aliphatic rings. The standard InChI is InChI=1S/C79H61N5/c1-47-27-48(2)32-61(31-47)57-19-23-73-66(39-57)67-40-58(62-33-49(3)28-50(4)34-62)20-24-74(67)83(73)77-44-70(79-81-71(55-15-11-9-12-16-55)45-72(82-79)56-17-13-10-14-18-56)78(43-65(77)46-80)84-75-25-21-59(63-35-51(5)29-52(6)36-63)41-68(75)69-42-60(22-26-76(69)84)64-37-53(7)30-54(8)38-64/h9-45H,1-8H3. The van der Waals surface area contributed by atoms with E-state index in [9.17, 15) is 5.26 Å². The fourth-order valence-corrected chi connectivity index (χ4v) is 13.1. The molecule has 5 nitrogen and oxygen atoms in total. The molecule has 3 heterocycles. The molecular weight excluding hydrogens is 1020 g/mol. The molecule has 0 aliphatic carbocycles. The zero-order chi connectivity index (χ0) is 57.5. The predicted molar refractivity (Wildman–Crippen MR) is 351 cm³/mol. The lowest BCUT2D eigenvalue weighted by atomic mass is 9.97. The number of nitriles is 1. The number of hydrogen-bond acceptors (Lipinski definition) is 3. The van der Waals surface area contributed by atoms with Crippen molar-refractivity contribution >= 4 is 43.6 Å². The molecule has 0 saturated carbocycles. The number of nitrogens with zero attached hydrogens (tertiary/aromatic N) is 5. The molecule has 0 amide bonds. The van der Waals surface area contributed by atoms with Crippen molar-refractivity contribution in [1.82, 2.24) is 19.1 Å². The van der Waals surface area contributed by atoms with Gasteiger partial charge in [0, 0.05) is 38.2 Å².